The van der Waals surface area contributed by atoms with Crippen molar-refractivity contribution < 1.29 is 32.5 Å². The molecule has 1 aromatic heterocycles. The zero-order chi connectivity index (χ0) is 25.7. The molecule has 2 aromatic carbocycles. The van der Waals surface area contributed by atoms with Gasteiger partial charge in [0.1, 0.15) is 11.5 Å². The Kier molecular flexibility index (Phi) is 8.20. The van der Waals surface area contributed by atoms with Gasteiger partial charge in [-0.25, -0.2) is 9.78 Å². The highest BCUT2D eigenvalue weighted by Gasteiger charge is 2.32. The molecule has 0 aliphatic carbocycles. The summed E-state index contributed by atoms with van der Waals surface area (Å²) in [4.78, 5) is 20.1. The molecule has 0 saturated carbocycles. The lowest BCUT2D eigenvalue weighted by Gasteiger charge is -2.41. The Morgan fingerprint density at radius 1 is 1.19 bits per heavy atom. The van der Waals surface area contributed by atoms with E-state index in [0.29, 0.717) is 22.5 Å². The Morgan fingerprint density at radius 2 is 2.03 bits per heavy atom. The van der Waals surface area contributed by atoms with E-state index < -0.39 is 12.3 Å². The summed E-state index contributed by atoms with van der Waals surface area (Å²) in [6.07, 6.45) is -1.63. The number of aliphatic carboxylic acids is 1. The lowest BCUT2D eigenvalue weighted by molar-refractivity contribution is -0.274. The third-order valence-corrected chi connectivity index (χ3v) is 7.01. The Labute approximate surface area is 211 Å². The van der Waals surface area contributed by atoms with Crippen LogP contribution in [0.15, 0.2) is 42.5 Å². The fourth-order valence-electron chi connectivity index (χ4n) is 4.35. The largest absolute Gasteiger partial charge is 0.573 e. The number of piperazine rings is 1. The lowest BCUT2D eigenvalue weighted by Crippen LogP contribution is -2.53. The Balaban J connectivity index is 1.47. The van der Waals surface area contributed by atoms with Crippen LogP contribution in [0.25, 0.3) is 10.2 Å². The number of carboxylic acid groups (broad SMARTS) is 1. The van der Waals surface area contributed by atoms with Crippen molar-refractivity contribution >= 4 is 32.7 Å². The molecule has 194 valence electrons. The number of alkyl halides is 3. The van der Waals surface area contributed by atoms with Gasteiger partial charge in [-0.3, -0.25) is 4.90 Å². The predicted molar refractivity (Wildman–Crippen MR) is 132 cm³/mol. The number of hydrogen-bond donors (Lipinski definition) is 1. The number of benzene rings is 2. The zero-order valence-electron chi connectivity index (χ0n) is 19.8. The highest BCUT2D eigenvalue weighted by Crippen LogP contribution is 2.35. The number of anilines is 1. The molecule has 11 heteroatoms. The Bertz CT molecular complexity index is 1190. The second kappa shape index (κ2) is 11.3. The summed E-state index contributed by atoms with van der Waals surface area (Å²) in [5.41, 5.74) is 1.69. The van der Waals surface area contributed by atoms with E-state index in [0.717, 1.165) is 49.6 Å². The summed E-state index contributed by atoms with van der Waals surface area (Å²) in [6, 6.07) is 11.9. The van der Waals surface area contributed by atoms with Crippen LogP contribution >= 0.6 is 11.3 Å². The van der Waals surface area contributed by atoms with Gasteiger partial charge >= 0.3 is 12.3 Å². The predicted octanol–water partition coefficient (Wildman–Crippen LogP) is 5.54. The molecule has 3 aromatic rings. The molecule has 1 atom stereocenters. The quantitative estimate of drug-likeness (QED) is 0.374. The topological polar surface area (TPSA) is 75.1 Å². The van der Waals surface area contributed by atoms with Crippen molar-refractivity contribution in [1.29, 1.82) is 0 Å². The third-order valence-electron chi connectivity index (χ3n) is 5.95. The molecule has 0 radical (unpaired) electrons. The number of thiazole rings is 1. The van der Waals surface area contributed by atoms with Gasteiger partial charge in [0, 0.05) is 38.3 Å². The monoisotopic (exact) mass is 523 g/mol. The average molecular weight is 524 g/mol. The summed E-state index contributed by atoms with van der Waals surface area (Å²) in [7, 11) is 0. The maximum atomic E-state index is 12.6. The summed E-state index contributed by atoms with van der Waals surface area (Å²) in [6.45, 7) is 4.83. The van der Waals surface area contributed by atoms with Crippen LogP contribution in [0, 0.1) is 0 Å². The highest BCUT2D eigenvalue weighted by molar-refractivity contribution is 7.22. The second-order valence-corrected chi connectivity index (χ2v) is 9.74. The SMILES string of the molecule is CCCC[C@@H]1CN(Cc2cccc(OCC(=O)O)c2)CCN1c1nc2ccc(OC(F)(F)F)cc2s1. The van der Waals surface area contributed by atoms with Crippen LogP contribution in [0.3, 0.4) is 0 Å². The number of halogens is 3. The van der Waals surface area contributed by atoms with E-state index in [1.807, 2.05) is 18.2 Å². The van der Waals surface area contributed by atoms with Gasteiger partial charge in [-0.2, -0.15) is 0 Å². The molecule has 7 nitrogen and oxygen atoms in total. The lowest BCUT2D eigenvalue weighted by atomic mass is 10.0. The molecule has 1 aliphatic rings. The minimum absolute atomic E-state index is 0.219. The van der Waals surface area contributed by atoms with Crippen LogP contribution in [0.1, 0.15) is 31.7 Å². The van der Waals surface area contributed by atoms with Gasteiger partial charge in [0.2, 0.25) is 0 Å². The number of nitrogens with zero attached hydrogens (tertiary/aromatic N) is 3. The van der Waals surface area contributed by atoms with Crippen molar-refractivity contribution in [3.63, 3.8) is 0 Å². The first-order chi connectivity index (χ1) is 17.2. The first-order valence-corrected chi connectivity index (χ1v) is 12.6. The third kappa shape index (κ3) is 7.01. The summed E-state index contributed by atoms with van der Waals surface area (Å²) in [5.74, 6) is -0.735. The summed E-state index contributed by atoms with van der Waals surface area (Å²) >= 11 is 1.38. The molecule has 1 saturated heterocycles. The fraction of sp³-hybridized carbons (Fsp3) is 0.440. The smallest absolute Gasteiger partial charge is 0.482 e. The average Bonchev–Trinajstić information content (AvgIpc) is 3.24. The van der Waals surface area contributed by atoms with E-state index in [4.69, 9.17) is 14.8 Å². The molecule has 0 bridgehead atoms. The van der Waals surface area contributed by atoms with Crippen molar-refractivity contribution in [2.24, 2.45) is 0 Å². The number of carbonyl (C=O) groups is 1. The van der Waals surface area contributed by atoms with Crippen LogP contribution in [0.4, 0.5) is 18.3 Å². The number of aromatic nitrogens is 1. The number of carboxylic acids is 1. The molecule has 0 spiro atoms. The highest BCUT2D eigenvalue weighted by atomic mass is 32.1. The van der Waals surface area contributed by atoms with Crippen molar-refractivity contribution in [3.8, 4) is 11.5 Å². The zero-order valence-corrected chi connectivity index (χ0v) is 20.6. The second-order valence-electron chi connectivity index (χ2n) is 8.73. The maximum absolute atomic E-state index is 12.6. The molecule has 1 fully saturated rings. The minimum atomic E-state index is -4.73. The van der Waals surface area contributed by atoms with Gasteiger partial charge in [-0.1, -0.05) is 43.2 Å². The first-order valence-electron chi connectivity index (χ1n) is 11.8. The van der Waals surface area contributed by atoms with Crippen molar-refractivity contribution in [1.82, 2.24) is 9.88 Å². The maximum Gasteiger partial charge on any atom is 0.573 e. The van der Waals surface area contributed by atoms with Crippen LogP contribution in [-0.4, -0.2) is 59.6 Å². The van der Waals surface area contributed by atoms with E-state index in [1.54, 1.807) is 12.1 Å². The molecule has 0 amide bonds. The van der Waals surface area contributed by atoms with Crippen LogP contribution in [0.5, 0.6) is 11.5 Å². The van der Waals surface area contributed by atoms with E-state index >= 15 is 0 Å². The first kappa shape index (κ1) is 26.0. The van der Waals surface area contributed by atoms with Crippen LogP contribution < -0.4 is 14.4 Å². The van der Waals surface area contributed by atoms with Gasteiger partial charge in [-0.15, -0.1) is 13.2 Å². The Morgan fingerprint density at radius 3 is 2.78 bits per heavy atom. The van der Waals surface area contributed by atoms with Crippen molar-refractivity contribution in [2.45, 2.75) is 45.1 Å². The van der Waals surface area contributed by atoms with Crippen LogP contribution in [0.2, 0.25) is 0 Å². The number of unbranched alkanes of at least 4 members (excludes halogenated alkanes) is 1. The molecular weight excluding hydrogens is 495 g/mol. The van der Waals surface area contributed by atoms with Gasteiger partial charge in [-0.05, 0) is 36.2 Å². The number of rotatable bonds is 10. The number of hydrogen-bond acceptors (Lipinski definition) is 7. The minimum Gasteiger partial charge on any atom is -0.482 e. The summed E-state index contributed by atoms with van der Waals surface area (Å²) in [5, 5.41) is 9.64. The van der Waals surface area contributed by atoms with Crippen molar-refractivity contribution in [2.75, 3.05) is 31.1 Å². The van der Waals surface area contributed by atoms with Crippen LogP contribution in [-0.2, 0) is 11.3 Å². The molecular formula is C25H28F3N3O4S. The molecule has 36 heavy (non-hydrogen) atoms. The fourth-order valence-corrected chi connectivity index (χ4v) is 5.44. The molecule has 4 rings (SSSR count). The van der Waals surface area contributed by atoms with Gasteiger partial charge < -0.3 is 19.5 Å². The molecule has 1 N–H and O–H groups in total. The molecule has 1 aliphatic heterocycles. The van der Waals surface area contributed by atoms with E-state index in [9.17, 15) is 18.0 Å². The van der Waals surface area contributed by atoms with E-state index in [2.05, 4.69) is 21.5 Å². The van der Waals surface area contributed by atoms with Gasteiger partial charge in [0.15, 0.2) is 11.7 Å². The molecule has 2 heterocycles. The number of ether oxygens (including phenoxy) is 2. The molecule has 0 unspecified atom stereocenters. The Hall–Kier alpha value is -3.05. The normalized spacial score (nSPS) is 16.9. The van der Waals surface area contributed by atoms with E-state index in [1.165, 1.54) is 23.5 Å². The van der Waals surface area contributed by atoms with Gasteiger partial charge in [0.25, 0.3) is 0 Å². The number of fused-ring (bicyclic) bond motifs is 1. The van der Waals surface area contributed by atoms with Gasteiger partial charge in [0.05, 0.1) is 10.2 Å². The standard InChI is InChI=1S/C25H28F3N3O4S/c1-2-3-6-18-15-30(14-17-5-4-7-19(12-17)34-16-23(32)33)10-11-31(18)24-29-21-9-8-20(13-22(21)36-24)35-25(26,27)28/h4-5,7-9,12-13,18H,2-3,6,10-11,14-16H2,1H3,(H,32,33)/t18-/m1/s1. The summed E-state index contributed by atoms with van der Waals surface area (Å²) < 4.78 is 47.9. The van der Waals surface area contributed by atoms with E-state index in [-0.39, 0.29) is 18.4 Å². The van der Waals surface area contributed by atoms with Crippen molar-refractivity contribution in [3.05, 3.63) is 48.0 Å².